The molecule has 7 nitrogen and oxygen atoms in total. The zero-order valence-electron chi connectivity index (χ0n) is 16.4. The quantitative estimate of drug-likeness (QED) is 0.251. The molecule has 1 saturated heterocycles. The van der Waals surface area contributed by atoms with E-state index in [1.54, 1.807) is 24.3 Å². The molecule has 1 aliphatic rings. The van der Waals surface area contributed by atoms with E-state index in [0.29, 0.717) is 27.8 Å². The van der Waals surface area contributed by atoms with E-state index in [2.05, 4.69) is 27.8 Å². The molecular formula is C22H16BrFN2O5S. The SMILES string of the molecule is C=CCc1cc(/C=C2\C(=O)NC(=S)N(c3ccccc3F)C2=O)cc(Br)c1OCC(=O)O. The Labute approximate surface area is 196 Å². The fourth-order valence-corrected chi connectivity index (χ4v) is 3.94. The summed E-state index contributed by atoms with van der Waals surface area (Å²) >= 11 is 8.41. The van der Waals surface area contributed by atoms with E-state index in [1.165, 1.54) is 24.3 Å². The number of carboxylic acid groups (broad SMARTS) is 1. The second-order valence-electron chi connectivity index (χ2n) is 6.58. The third-order valence-corrected chi connectivity index (χ3v) is 5.23. The molecule has 1 heterocycles. The Bertz CT molecular complexity index is 1180. The smallest absolute Gasteiger partial charge is 0.341 e. The van der Waals surface area contributed by atoms with Crippen LogP contribution in [0.25, 0.3) is 6.08 Å². The van der Waals surface area contributed by atoms with Gasteiger partial charge in [0.25, 0.3) is 11.8 Å². The van der Waals surface area contributed by atoms with Crippen LogP contribution in [0.5, 0.6) is 5.75 Å². The van der Waals surface area contributed by atoms with Gasteiger partial charge in [0, 0.05) is 0 Å². The minimum absolute atomic E-state index is 0.0839. The van der Waals surface area contributed by atoms with Crippen molar-refractivity contribution in [2.45, 2.75) is 6.42 Å². The van der Waals surface area contributed by atoms with Gasteiger partial charge in [0.15, 0.2) is 11.7 Å². The molecule has 0 unspecified atom stereocenters. The second-order valence-corrected chi connectivity index (χ2v) is 7.82. The molecule has 1 aliphatic heterocycles. The average Bonchev–Trinajstić information content (AvgIpc) is 2.72. The van der Waals surface area contributed by atoms with Gasteiger partial charge < -0.3 is 9.84 Å². The van der Waals surface area contributed by atoms with Crippen LogP contribution in [0.1, 0.15) is 11.1 Å². The number of carbonyl (C=O) groups excluding carboxylic acids is 2. The van der Waals surface area contributed by atoms with Crippen LogP contribution in [0.3, 0.4) is 0 Å². The zero-order valence-corrected chi connectivity index (χ0v) is 18.8. The second kappa shape index (κ2) is 9.84. The van der Waals surface area contributed by atoms with E-state index in [4.69, 9.17) is 22.1 Å². The summed E-state index contributed by atoms with van der Waals surface area (Å²) < 4.78 is 20.0. The van der Waals surface area contributed by atoms with Crippen molar-refractivity contribution in [3.8, 4) is 5.75 Å². The van der Waals surface area contributed by atoms with Gasteiger partial charge in [0.1, 0.15) is 17.1 Å². The van der Waals surface area contributed by atoms with E-state index >= 15 is 0 Å². The number of nitrogens with one attached hydrogen (secondary N) is 1. The summed E-state index contributed by atoms with van der Waals surface area (Å²) in [5.74, 6) is -3.00. The van der Waals surface area contributed by atoms with Gasteiger partial charge in [0.2, 0.25) is 0 Å². The highest BCUT2D eigenvalue weighted by molar-refractivity contribution is 9.10. The van der Waals surface area contributed by atoms with Gasteiger partial charge in [-0.2, -0.15) is 0 Å². The van der Waals surface area contributed by atoms with Crippen molar-refractivity contribution in [1.82, 2.24) is 5.32 Å². The largest absolute Gasteiger partial charge is 0.480 e. The van der Waals surface area contributed by atoms with Crippen LogP contribution in [0, 0.1) is 5.82 Å². The zero-order chi connectivity index (χ0) is 23.4. The van der Waals surface area contributed by atoms with Crippen molar-refractivity contribution >= 4 is 62.8 Å². The minimum atomic E-state index is -1.14. The summed E-state index contributed by atoms with van der Waals surface area (Å²) in [5, 5.41) is 11.1. The third-order valence-electron chi connectivity index (χ3n) is 4.35. The molecule has 1 fully saturated rings. The molecule has 0 saturated carbocycles. The number of hydrogen-bond donors (Lipinski definition) is 2. The van der Waals surface area contributed by atoms with Gasteiger partial charge in [-0.05, 0) is 76.0 Å². The van der Waals surface area contributed by atoms with Gasteiger partial charge in [-0.15, -0.1) is 6.58 Å². The Morgan fingerprint density at radius 2 is 2.03 bits per heavy atom. The number of nitrogens with zero attached hydrogens (tertiary/aromatic N) is 1. The Morgan fingerprint density at radius 1 is 1.31 bits per heavy atom. The molecule has 2 aromatic carbocycles. The molecule has 2 amide bonds. The number of carbonyl (C=O) groups is 3. The molecule has 0 aromatic heterocycles. The highest BCUT2D eigenvalue weighted by Gasteiger charge is 2.35. The van der Waals surface area contributed by atoms with Crippen molar-refractivity contribution in [3.63, 3.8) is 0 Å². The molecule has 32 heavy (non-hydrogen) atoms. The van der Waals surface area contributed by atoms with Gasteiger partial charge in [0.05, 0.1) is 10.2 Å². The van der Waals surface area contributed by atoms with Crippen LogP contribution < -0.4 is 15.0 Å². The van der Waals surface area contributed by atoms with E-state index in [1.807, 2.05) is 0 Å². The number of para-hydroxylation sites is 1. The number of carboxylic acids is 1. The first-order valence-electron chi connectivity index (χ1n) is 9.16. The number of benzene rings is 2. The number of halogens is 2. The number of thiocarbonyl (C=S) groups is 1. The maximum Gasteiger partial charge on any atom is 0.341 e. The van der Waals surface area contributed by atoms with Crippen molar-refractivity contribution in [1.29, 1.82) is 0 Å². The number of ether oxygens (including phenoxy) is 1. The summed E-state index contributed by atoms with van der Waals surface area (Å²) in [6, 6.07) is 8.78. The molecule has 2 N–H and O–H groups in total. The van der Waals surface area contributed by atoms with Crippen molar-refractivity contribution in [2.24, 2.45) is 0 Å². The summed E-state index contributed by atoms with van der Waals surface area (Å²) in [5.41, 5.74) is 0.709. The van der Waals surface area contributed by atoms with Crippen LogP contribution in [0.15, 0.2) is 59.1 Å². The van der Waals surface area contributed by atoms with Crippen LogP contribution in [0.4, 0.5) is 10.1 Å². The molecule has 0 spiro atoms. The number of aliphatic carboxylic acids is 1. The van der Waals surface area contributed by atoms with E-state index in [-0.39, 0.29) is 16.4 Å². The van der Waals surface area contributed by atoms with Gasteiger partial charge in [-0.25, -0.2) is 14.1 Å². The van der Waals surface area contributed by atoms with E-state index in [9.17, 15) is 18.8 Å². The molecule has 0 bridgehead atoms. The number of allylic oxidation sites excluding steroid dienone is 1. The normalized spacial score (nSPS) is 15.0. The maximum absolute atomic E-state index is 14.3. The number of amides is 2. The highest BCUT2D eigenvalue weighted by Crippen LogP contribution is 2.33. The first kappa shape index (κ1) is 23.3. The van der Waals surface area contributed by atoms with Crippen LogP contribution in [-0.2, 0) is 20.8 Å². The lowest BCUT2D eigenvalue weighted by molar-refractivity contribution is -0.139. The van der Waals surface area contributed by atoms with Crippen LogP contribution >= 0.6 is 28.1 Å². The maximum atomic E-state index is 14.3. The average molecular weight is 519 g/mol. The Morgan fingerprint density at radius 3 is 2.69 bits per heavy atom. The lowest BCUT2D eigenvalue weighted by atomic mass is 10.0. The first-order chi connectivity index (χ1) is 15.2. The summed E-state index contributed by atoms with van der Waals surface area (Å²) in [6.45, 7) is 3.13. The fraction of sp³-hybridized carbons (Fsp3) is 0.0909. The van der Waals surface area contributed by atoms with Gasteiger partial charge in [-0.3, -0.25) is 14.9 Å². The number of rotatable bonds is 7. The molecule has 164 valence electrons. The third kappa shape index (κ3) is 4.92. The van der Waals surface area contributed by atoms with Crippen molar-refractivity contribution < 1.29 is 28.6 Å². The first-order valence-corrected chi connectivity index (χ1v) is 10.4. The Balaban J connectivity index is 2.04. The topological polar surface area (TPSA) is 95.9 Å². The van der Waals surface area contributed by atoms with Gasteiger partial charge in [-0.1, -0.05) is 18.2 Å². The predicted octanol–water partition coefficient (Wildman–Crippen LogP) is 3.61. The lowest BCUT2D eigenvalue weighted by Crippen LogP contribution is -2.54. The van der Waals surface area contributed by atoms with Crippen molar-refractivity contribution in [3.05, 3.63) is 76.0 Å². The van der Waals surface area contributed by atoms with Gasteiger partial charge >= 0.3 is 5.97 Å². The predicted molar refractivity (Wildman–Crippen MR) is 124 cm³/mol. The van der Waals surface area contributed by atoms with Crippen LogP contribution in [0.2, 0.25) is 0 Å². The fourth-order valence-electron chi connectivity index (χ4n) is 3.04. The van der Waals surface area contributed by atoms with E-state index in [0.717, 1.165) is 4.90 Å². The van der Waals surface area contributed by atoms with Crippen molar-refractivity contribution in [2.75, 3.05) is 11.5 Å². The molecule has 3 rings (SSSR count). The Hall–Kier alpha value is -3.37. The monoisotopic (exact) mass is 518 g/mol. The molecule has 0 atom stereocenters. The summed E-state index contributed by atoms with van der Waals surface area (Å²) in [4.78, 5) is 37.3. The minimum Gasteiger partial charge on any atom is -0.480 e. The Kier molecular flexibility index (Phi) is 7.16. The molecule has 10 heteroatoms. The number of anilines is 1. The molecule has 2 aromatic rings. The standard InChI is InChI=1S/C22H16BrFN2O5S/c1-2-5-13-8-12(10-15(23)19(13)31-11-18(27)28)9-14-20(29)25-22(32)26(21(14)30)17-7-4-3-6-16(17)24/h2-4,6-10H,1,5,11H2,(H,27,28)(H,25,29,32)/b14-9+. The van der Waals surface area contributed by atoms with E-state index < -0.39 is 30.2 Å². The number of hydrogen-bond acceptors (Lipinski definition) is 5. The molecular weight excluding hydrogens is 503 g/mol. The summed E-state index contributed by atoms with van der Waals surface area (Å²) in [7, 11) is 0. The molecule has 0 aliphatic carbocycles. The lowest BCUT2D eigenvalue weighted by Gasteiger charge is -2.29. The van der Waals surface area contributed by atoms with Crippen LogP contribution in [-0.4, -0.2) is 34.6 Å². The highest BCUT2D eigenvalue weighted by atomic mass is 79.9. The molecule has 0 radical (unpaired) electrons. The summed E-state index contributed by atoms with van der Waals surface area (Å²) in [6.07, 6.45) is 3.28.